The number of carbonyl (C=O) groups excluding carboxylic acids is 1. The number of benzene rings is 3. The number of hydrogen-bond acceptors (Lipinski definition) is 10. The number of nitro groups is 2. The van der Waals surface area contributed by atoms with Crippen molar-refractivity contribution in [1.29, 1.82) is 0 Å². The zero-order chi connectivity index (χ0) is 30.9. The monoisotopic (exact) mass is 614 g/mol. The largest absolute Gasteiger partial charge is 0.455 e. The van der Waals surface area contributed by atoms with Crippen molar-refractivity contribution in [2.45, 2.75) is 4.90 Å². The Bertz CT molecular complexity index is 1710. The second kappa shape index (κ2) is 13.9. The van der Waals surface area contributed by atoms with E-state index in [4.69, 9.17) is 16.0 Å². The first-order valence-corrected chi connectivity index (χ1v) is 13.6. The third-order valence-electron chi connectivity index (χ3n) is 5.14. The molecule has 1 amide bonds. The van der Waals surface area contributed by atoms with Crippen molar-refractivity contribution in [2.24, 2.45) is 5.10 Å². The summed E-state index contributed by atoms with van der Waals surface area (Å²) >= 11 is 5.83. The molecule has 0 saturated heterocycles. The first-order chi connectivity index (χ1) is 19.9. The predicted molar refractivity (Wildman–Crippen MR) is 157 cm³/mol. The van der Waals surface area contributed by atoms with Gasteiger partial charge in [0.2, 0.25) is 6.41 Å². The second-order valence-corrected chi connectivity index (χ2v) is 10.6. The lowest BCUT2D eigenvalue weighted by molar-refractivity contribution is -0.385. The van der Waals surface area contributed by atoms with Gasteiger partial charge < -0.3 is 9.32 Å². The van der Waals surface area contributed by atoms with Crippen molar-refractivity contribution < 1.29 is 27.5 Å². The predicted octanol–water partition coefficient (Wildman–Crippen LogP) is 5.37. The number of halogens is 1. The molecule has 1 heterocycles. The van der Waals surface area contributed by atoms with E-state index in [1.54, 1.807) is 26.2 Å². The van der Waals surface area contributed by atoms with Gasteiger partial charge in [0.25, 0.3) is 21.4 Å². The van der Waals surface area contributed by atoms with Crippen LogP contribution in [0.5, 0.6) is 0 Å². The zero-order valence-electron chi connectivity index (χ0n) is 22.0. The van der Waals surface area contributed by atoms with Crippen molar-refractivity contribution in [3.63, 3.8) is 0 Å². The Hall–Kier alpha value is -5.28. The van der Waals surface area contributed by atoms with Gasteiger partial charge in [-0.25, -0.2) is 8.42 Å². The Labute approximate surface area is 244 Å². The molecular weight excluding hydrogens is 592 g/mol. The van der Waals surface area contributed by atoms with Gasteiger partial charge in [0.05, 0.1) is 21.7 Å². The smallest absolute Gasteiger partial charge is 0.270 e. The number of anilines is 2. The minimum atomic E-state index is -4.25. The summed E-state index contributed by atoms with van der Waals surface area (Å²) < 4.78 is 34.0. The number of nitrogens with one attached hydrogen (secondary N) is 2. The van der Waals surface area contributed by atoms with Gasteiger partial charge in [0.1, 0.15) is 16.4 Å². The van der Waals surface area contributed by atoms with E-state index in [1.165, 1.54) is 65.7 Å². The van der Waals surface area contributed by atoms with Crippen LogP contribution in [0, 0.1) is 20.2 Å². The van der Waals surface area contributed by atoms with E-state index in [2.05, 4.69) is 15.2 Å². The summed E-state index contributed by atoms with van der Waals surface area (Å²) in [5.41, 5.74) is 2.88. The number of amides is 1. The molecule has 16 heteroatoms. The van der Waals surface area contributed by atoms with E-state index in [0.717, 1.165) is 18.5 Å². The van der Waals surface area contributed by atoms with Crippen LogP contribution in [0.4, 0.5) is 22.7 Å². The Kier molecular flexibility index (Phi) is 10.3. The number of nitrogens with zero attached hydrogens (tertiary/aromatic N) is 4. The van der Waals surface area contributed by atoms with Crippen LogP contribution in [0.2, 0.25) is 5.02 Å². The van der Waals surface area contributed by atoms with Crippen molar-refractivity contribution in [3.8, 4) is 11.3 Å². The van der Waals surface area contributed by atoms with E-state index in [9.17, 15) is 33.4 Å². The van der Waals surface area contributed by atoms with Crippen LogP contribution in [-0.4, -0.2) is 49.9 Å². The quantitative estimate of drug-likeness (QED) is 0.102. The maximum absolute atomic E-state index is 13.0. The molecule has 0 atom stereocenters. The molecule has 0 aliphatic rings. The standard InChI is InChI=1S/C23H16ClN5O7S.C3H7NO/c24-16-3-5-17(6-4-16)27-37(34,35)23-13-19(29(32)33)9-11-21(23)26-25-14-20-10-12-22(36-20)15-1-7-18(8-2-15)28(30)31;1-4(2)3-5/h1-14,26-27H;3H,1-2H3/b25-14+;. The van der Waals surface area contributed by atoms with Gasteiger partial charge in [-0.3, -0.25) is 35.2 Å². The molecule has 4 rings (SSSR count). The Morgan fingerprint density at radius 3 is 2.07 bits per heavy atom. The highest BCUT2D eigenvalue weighted by Gasteiger charge is 2.23. The van der Waals surface area contributed by atoms with Crippen LogP contribution in [0.15, 0.2) is 93.3 Å². The van der Waals surface area contributed by atoms with Gasteiger partial charge in [0.15, 0.2) is 0 Å². The van der Waals surface area contributed by atoms with E-state index in [0.29, 0.717) is 22.1 Å². The van der Waals surface area contributed by atoms with Gasteiger partial charge in [-0.2, -0.15) is 5.10 Å². The molecule has 218 valence electrons. The number of hydrogen-bond donors (Lipinski definition) is 2. The fourth-order valence-electron chi connectivity index (χ4n) is 3.16. The molecule has 2 N–H and O–H groups in total. The molecule has 0 aliphatic heterocycles. The molecule has 0 fully saturated rings. The van der Waals surface area contributed by atoms with E-state index >= 15 is 0 Å². The molecular formula is C26H23ClN6O8S. The molecule has 42 heavy (non-hydrogen) atoms. The van der Waals surface area contributed by atoms with Crippen molar-refractivity contribution in [1.82, 2.24) is 4.90 Å². The highest BCUT2D eigenvalue weighted by atomic mass is 35.5. The first-order valence-electron chi connectivity index (χ1n) is 11.7. The molecule has 0 aliphatic carbocycles. The highest BCUT2D eigenvalue weighted by Crippen LogP contribution is 2.29. The summed E-state index contributed by atoms with van der Waals surface area (Å²) in [6, 6.07) is 18.2. The molecule has 0 radical (unpaired) electrons. The third kappa shape index (κ3) is 8.61. The minimum Gasteiger partial charge on any atom is -0.455 e. The van der Waals surface area contributed by atoms with Gasteiger partial charge in [-0.05, 0) is 54.6 Å². The normalized spacial score (nSPS) is 10.8. The molecule has 0 bridgehead atoms. The summed E-state index contributed by atoms with van der Waals surface area (Å²) in [7, 11) is -0.880. The number of nitro benzene ring substituents is 2. The molecule has 1 aromatic heterocycles. The lowest BCUT2D eigenvalue weighted by atomic mass is 10.1. The number of rotatable bonds is 10. The molecule has 0 spiro atoms. The van der Waals surface area contributed by atoms with Gasteiger partial charge >= 0.3 is 0 Å². The fraction of sp³-hybridized carbons (Fsp3) is 0.0769. The summed E-state index contributed by atoms with van der Waals surface area (Å²) in [4.78, 5) is 31.3. The van der Waals surface area contributed by atoms with Crippen LogP contribution in [0.1, 0.15) is 5.76 Å². The average Bonchev–Trinajstić information content (AvgIpc) is 3.43. The van der Waals surface area contributed by atoms with Gasteiger partial charge in [0, 0.05) is 54.6 Å². The SMILES string of the molecule is CN(C)C=O.O=[N+]([O-])c1ccc(-c2ccc(/C=N/Nc3ccc([N+](=O)[O-])cc3S(=O)(=O)Nc3ccc(Cl)cc3)o2)cc1. The lowest BCUT2D eigenvalue weighted by Crippen LogP contribution is -2.15. The van der Waals surface area contributed by atoms with Crippen molar-refractivity contribution in [3.05, 3.63) is 110 Å². The highest BCUT2D eigenvalue weighted by molar-refractivity contribution is 7.92. The van der Waals surface area contributed by atoms with Gasteiger partial charge in [-0.15, -0.1) is 0 Å². The van der Waals surface area contributed by atoms with Crippen LogP contribution < -0.4 is 10.1 Å². The van der Waals surface area contributed by atoms with Crippen molar-refractivity contribution in [2.75, 3.05) is 24.2 Å². The second-order valence-electron chi connectivity index (χ2n) is 8.49. The Morgan fingerprint density at radius 1 is 0.905 bits per heavy atom. The van der Waals surface area contributed by atoms with Crippen LogP contribution in [0.3, 0.4) is 0 Å². The summed E-state index contributed by atoms with van der Waals surface area (Å²) in [5, 5.41) is 26.4. The fourth-order valence-corrected chi connectivity index (χ4v) is 4.52. The molecule has 0 saturated carbocycles. The average molecular weight is 615 g/mol. The number of non-ortho nitro benzene ring substituents is 2. The van der Waals surface area contributed by atoms with Crippen LogP contribution >= 0.6 is 11.6 Å². The summed E-state index contributed by atoms with van der Waals surface area (Å²) in [6.07, 6.45) is 2.03. The summed E-state index contributed by atoms with van der Waals surface area (Å²) in [5.74, 6) is 0.730. The molecule has 14 nitrogen and oxygen atoms in total. The number of carbonyl (C=O) groups is 1. The van der Waals surface area contributed by atoms with Crippen LogP contribution in [0.25, 0.3) is 11.3 Å². The van der Waals surface area contributed by atoms with E-state index in [1.807, 2.05) is 0 Å². The van der Waals surface area contributed by atoms with E-state index < -0.39 is 30.5 Å². The number of sulfonamides is 1. The Balaban J connectivity index is 0.000000892. The van der Waals surface area contributed by atoms with E-state index in [-0.39, 0.29) is 17.1 Å². The van der Waals surface area contributed by atoms with Crippen LogP contribution in [-0.2, 0) is 14.8 Å². The molecule has 4 aromatic rings. The maximum atomic E-state index is 13.0. The molecule has 0 unspecified atom stereocenters. The minimum absolute atomic E-state index is 0.0227. The lowest BCUT2D eigenvalue weighted by Gasteiger charge is -2.12. The van der Waals surface area contributed by atoms with Crippen molar-refractivity contribution >= 4 is 57.0 Å². The topological polar surface area (TPSA) is 190 Å². The maximum Gasteiger partial charge on any atom is 0.270 e. The van der Waals surface area contributed by atoms with Gasteiger partial charge in [-0.1, -0.05) is 11.6 Å². The molecule has 3 aromatic carbocycles. The summed E-state index contributed by atoms with van der Waals surface area (Å²) in [6.45, 7) is 0. The first kappa shape index (κ1) is 31.3. The number of furan rings is 1. The number of hydrazone groups is 1. The Morgan fingerprint density at radius 2 is 1.50 bits per heavy atom. The third-order valence-corrected chi connectivity index (χ3v) is 6.81. The zero-order valence-corrected chi connectivity index (χ0v) is 23.6.